The zero-order chi connectivity index (χ0) is 12.7. The van der Waals surface area contributed by atoms with Gasteiger partial charge in [0.25, 0.3) is 0 Å². The molecule has 1 aromatic heterocycles. The lowest BCUT2D eigenvalue weighted by Gasteiger charge is -2.00. The molecule has 0 saturated heterocycles. The molecule has 0 unspecified atom stereocenters. The van der Waals surface area contributed by atoms with Crippen molar-refractivity contribution in [3.8, 4) is 16.3 Å². The smallest absolute Gasteiger partial charge is 0.128 e. The van der Waals surface area contributed by atoms with E-state index in [4.69, 9.17) is 11.6 Å². The lowest BCUT2D eigenvalue weighted by molar-refractivity contribution is 0.477. The normalized spacial score (nSPS) is 11.0. The van der Waals surface area contributed by atoms with Crippen molar-refractivity contribution in [2.75, 3.05) is 0 Å². The Kier molecular flexibility index (Phi) is 3.17. The van der Waals surface area contributed by atoms with E-state index in [0.29, 0.717) is 5.02 Å². The van der Waals surface area contributed by atoms with Gasteiger partial charge < -0.3 is 5.11 Å². The molecule has 0 bridgehead atoms. The number of fused-ring (bicyclic) bond motifs is 1. The molecule has 2 aromatic carbocycles. The molecular weight excluding hydrogens is 381 g/mol. The van der Waals surface area contributed by atoms with Gasteiger partial charge in [-0.1, -0.05) is 11.6 Å². The number of aromatic nitrogens is 1. The molecule has 1 heterocycles. The van der Waals surface area contributed by atoms with Gasteiger partial charge in [-0.3, -0.25) is 0 Å². The number of benzene rings is 2. The van der Waals surface area contributed by atoms with Gasteiger partial charge in [-0.15, -0.1) is 11.3 Å². The summed E-state index contributed by atoms with van der Waals surface area (Å²) in [4.78, 5) is 4.52. The van der Waals surface area contributed by atoms with Gasteiger partial charge in [-0.25, -0.2) is 4.98 Å². The second-order valence-electron chi connectivity index (χ2n) is 3.79. The fraction of sp³-hybridized carbons (Fsp3) is 0. The van der Waals surface area contributed by atoms with Gasteiger partial charge in [-0.05, 0) is 59.0 Å². The monoisotopic (exact) mass is 387 g/mol. The number of thiazole rings is 1. The second kappa shape index (κ2) is 4.68. The van der Waals surface area contributed by atoms with Crippen LogP contribution in [0.3, 0.4) is 0 Å². The molecule has 3 aromatic rings. The van der Waals surface area contributed by atoms with E-state index < -0.39 is 0 Å². The fourth-order valence-electron chi connectivity index (χ4n) is 1.69. The van der Waals surface area contributed by atoms with Crippen molar-refractivity contribution in [1.29, 1.82) is 0 Å². The van der Waals surface area contributed by atoms with E-state index in [1.54, 1.807) is 6.07 Å². The van der Waals surface area contributed by atoms with Crippen molar-refractivity contribution in [2.24, 2.45) is 0 Å². The third-order valence-electron chi connectivity index (χ3n) is 2.54. The van der Waals surface area contributed by atoms with Crippen LogP contribution in [0.5, 0.6) is 5.75 Å². The van der Waals surface area contributed by atoms with Crippen LogP contribution in [-0.4, -0.2) is 10.1 Å². The Morgan fingerprint density at radius 2 is 2.00 bits per heavy atom. The van der Waals surface area contributed by atoms with Crippen LogP contribution in [0.2, 0.25) is 5.02 Å². The Morgan fingerprint density at radius 3 is 2.83 bits per heavy atom. The minimum absolute atomic E-state index is 0.251. The number of halogens is 2. The molecule has 0 atom stereocenters. The first-order chi connectivity index (χ1) is 8.63. The maximum Gasteiger partial charge on any atom is 0.128 e. The van der Waals surface area contributed by atoms with Gasteiger partial charge in [0, 0.05) is 8.59 Å². The average Bonchev–Trinajstić information content (AvgIpc) is 2.74. The van der Waals surface area contributed by atoms with E-state index in [2.05, 4.69) is 27.6 Å². The molecule has 1 N–H and O–H groups in total. The molecule has 0 radical (unpaired) electrons. The van der Waals surface area contributed by atoms with Crippen LogP contribution in [0, 0.1) is 3.57 Å². The van der Waals surface area contributed by atoms with Crippen LogP contribution < -0.4 is 0 Å². The molecule has 0 aliphatic heterocycles. The van der Waals surface area contributed by atoms with Crippen molar-refractivity contribution in [3.63, 3.8) is 0 Å². The maximum atomic E-state index is 9.91. The summed E-state index contributed by atoms with van der Waals surface area (Å²) in [7, 11) is 0. The van der Waals surface area contributed by atoms with Crippen molar-refractivity contribution < 1.29 is 5.11 Å². The number of aromatic hydroxyl groups is 1. The molecule has 2 nitrogen and oxygen atoms in total. The van der Waals surface area contributed by atoms with Gasteiger partial charge in [0.2, 0.25) is 0 Å². The predicted molar refractivity (Wildman–Crippen MR) is 84.4 cm³/mol. The highest BCUT2D eigenvalue weighted by Crippen LogP contribution is 2.36. The van der Waals surface area contributed by atoms with E-state index in [1.807, 2.05) is 30.3 Å². The molecule has 0 fully saturated rings. The minimum Gasteiger partial charge on any atom is -0.507 e. The first kappa shape index (κ1) is 12.2. The SMILES string of the molecule is Oc1ccc(I)cc1-c1nc2ccc(Cl)cc2s1. The third-order valence-corrected chi connectivity index (χ3v) is 4.50. The van der Waals surface area contributed by atoms with Crippen LogP contribution in [0.15, 0.2) is 36.4 Å². The zero-order valence-electron chi connectivity index (χ0n) is 9.02. The Balaban J connectivity index is 2.22. The number of phenolic OH excluding ortho intramolecular Hbond substituents is 1. The van der Waals surface area contributed by atoms with Gasteiger partial charge >= 0.3 is 0 Å². The van der Waals surface area contributed by atoms with E-state index in [0.717, 1.165) is 24.4 Å². The highest BCUT2D eigenvalue weighted by atomic mass is 127. The van der Waals surface area contributed by atoms with Crippen LogP contribution in [-0.2, 0) is 0 Å². The Morgan fingerprint density at radius 1 is 1.17 bits per heavy atom. The van der Waals surface area contributed by atoms with Crippen molar-refractivity contribution in [2.45, 2.75) is 0 Å². The second-order valence-corrected chi connectivity index (χ2v) is 6.51. The first-order valence-electron chi connectivity index (χ1n) is 5.18. The minimum atomic E-state index is 0.251. The third kappa shape index (κ3) is 2.20. The average molecular weight is 388 g/mol. The molecule has 0 amide bonds. The summed E-state index contributed by atoms with van der Waals surface area (Å²) < 4.78 is 2.09. The molecule has 90 valence electrons. The Bertz CT molecular complexity index is 741. The topological polar surface area (TPSA) is 33.1 Å². The molecule has 0 aliphatic rings. The van der Waals surface area contributed by atoms with Crippen LogP contribution in [0.1, 0.15) is 0 Å². The summed E-state index contributed by atoms with van der Waals surface area (Å²) in [5.74, 6) is 0.251. The number of phenols is 1. The van der Waals surface area contributed by atoms with Crippen molar-refractivity contribution >= 4 is 55.7 Å². The summed E-state index contributed by atoms with van der Waals surface area (Å²) in [5.41, 5.74) is 1.66. The first-order valence-corrected chi connectivity index (χ1v) is 7.46. The molecule has 0 spiro atoms. The molecule has 3 rings (SSSR count). The van der Waals surface area contributed by atoms with Crippen LogP contribution >= 0.6 is 45.5 Å². The zero-order valence-corrected chi connectivity index (χ0v) is 12.8. The van der Waals surface area contributed by atoms with Gasteiger partial charge in [0.1, 0.15) is 10.8 Å². The van der Waals surface area contributed by atoms with Gasteiger partial charge in [0.05, 0.1) is 15.8 Å². The molecule has 0 aliphatic carbocycles. The summed E-state index contributed by atoms with van der Waals surface area (Å²) in [5, 5.41) is 11.4. The van der Waals surface area contributed by atoms with Crippen LogP contribution in [0.25, 0.3) is 20.8 Å². The highest BCUT2D eigenvalue weighted by molar-refractivity contribution is 14.1. The van der Waals surface area contributed by atoms with Crippen molar-refractivity contribution in [3.05, 3.63) is 45.0 Å². The lowest BCUT2D eigenvalue weighted by atomic mass is 10.2. The fourth-order valence-corrected chi connectivity index (χ4v) is 3.45. The number of nitrogens with zero attached hydrogens (tertiary/aromatic N) is 1. The Hall–Kier alpha value is -0.850. The summed E-state index contributed by atoms with van der Waals surface area (Å²) in [6, 6.07) is 11.1. The van der Waals surface area contributed by atoms with Crippen molar-refractivity contribution in [1.82, 2.24) is 4.98 Å². The standard InChI is InChI=1S/C13H7ClINOS/c14-7-1-3-10-12(5-7)18-13(16-10)9-6-8(15)2-4-11(9)17/h1-6,17H. The molecular formula is C13H7ClINOS. The van der Waals surface area contributed by atoms with E-state index in [-0.39, 0.29) is 5.75 Å². The highest BCUT2D eigenvalue weighted by Gasteiger charge is 2.11. The number of hydrogen-bond acceptors (Lipinski definition) is 3. The summed E-state index contributed by atoms with van der Waals surface area (Å²) in [6.07, 6.45) is 0. The van der Waals surface area contributed by atoms with Crippen LogP contribution in [0.4, 0.5) is 0 Å². The molecule has 0 saturated carbocycles. The number of hydrogen-bond donors (Lipinski definition) is 1. The Labute approximate surface area is 126 Å². The number of rotatable bonds is 1. The lowest BCUT2D eigenvalue weighted by Crippen LogP contribution is -1.79. The van der Waals surface area contributed by atoms with E-state index in [9.17, 15) is 5.11 Å². The predicted octanol–water partition coefficient (Wildman–Crippen LogP) is 4.93. The quantitative estimate of drug-likeness (QED) is 0.601. The molecule has 5 heteroatoms. The maximum absolute atomic E-state index is 9.91. The van der Waals surface area contributed by atoms with E-state index >= 15 is 0 Å². The summed E-state index contributed by atoms with van der Waals surface area (Å²) in [6.45, 7) is 0. The van der Waals surface area contributed by atoms with E-state index in [1.165, 1.54) is 11.3 Å². The largest absolute Gasteiger partial charge is 0.507 e. The van der Waals surface area contributed by atoms with Gasteiger partial charge in [-0.2, -0.15) is 0 Å². The molecule has 18 heavy (non-hydrogen) atoms. The van der Waals surface area contributed by atoms with Gasteiger partial charge in [0.15, 0.2) is 0 Å². The summed E-state index contributed by atoms with van der Waals surface area (Å²) >= 11 is 9.70.